The number of rotatable bonds is 4. The Bertz CT molecular complexity index is 877. The van der Waals surface area contributed by atoms with Gasteiger partial charge in [0.05, 0.1) is 12.7 Å². The van der Waals surface area contributed by atoms with Crippen molar-refractivity contribution in [3.8, 4) is 0 Å². The molecule has 0 fully saturated rings. The van der Waals surface area contributed by atoms with Crippen LogP contribution in [0.4, 0.5) is 0 Å². The first kappa shape index (κ1) is 19.5. The van der Waals surface area contributed by atoms with Gasteiger partial charge in [0.2, 0.25) is 0 Å². The van der Waals surface area contributed by atoms with E-state index in [0.29, 0.717) is 0 Å². The van der Waals surface area contributed by atoms with E-state index in [-0.39, 0.29) is 0 Å². The Hall–Kier alpha value is -0.850. The first-order valence-electron chi connectivity index (χ1n) is 8.43. The standard InChI is InChI=1S/C22H18S5/c1-23-21-22(24-2)27-20(26-21)17-13-18(15-9-5-3-6-10-15)25-19(14-17)16-11-7-4-8-12-16/h3-14H,1-2H3. The molecule has 2 aromatic rings. The Kier molecular flexibility index (Phi) is 6.56. The van der Waals surface area contributed by atoms with Crippen molar-refractivity contribution in [2.75, 3.05) is 12.5 Å². The molecule has 0 atom stereocenters. The van der Waals surface area contributed by atoms with Gasteiger partial charge in [-0.15, -0.1) is 23.5 Å². The van der Waals surface area contributed by atoms with Gasteiger partial charge in [-0.05, 0) is 41.4 Å². The van der Waals surface area contributed by atoms with Gasteiger partial charge in [0, 0.05) is 9.81 Å². The van der Waals surface area contributed by atoms with Crippen LogP contribution in [0, 0.1) is 0 Å². The average Bonchev–Trinajstić information content (AvgIpc) is 3.18. The van der Waals surface area contributed by atoms with Gasteiger partial charge in [-0.1, -0.05) is 95.9 Å². The molecule has 2 aromatic carbocycles. The van der Waals surface area contributed by atoms with Crippen molar-refractivity contribution >= 4 is 68.6 Å². The topological polar surface area (TPSA) is 0 Å². The van der Waals surface area contributed by atoms with E-state index in [0.717, 1.165) is 0 Å². The molecular weight excluding hydrogens is 425 g/mol. The SMILES string of the molecule is CSC1=C(SC)SC(=C2C=C(c3ccccc3)SC(c3ccccc3)=C2)S1. The number of thioether (sulfide) groups is 5. The van der Waals surface area contributed by atoms with Gasteiger partial charge >= 0.3 is 0 Å². The third-order valence-electron chi connectivity index (χ3n) is 4.05. The Balaban J connectivity index is 1.78. The summed E-state index contributed by atoms with van der Waals surface area (Å²) in [7, 11) is 0. The van der Waals surface area contributed by atoms with E-state index in [4.69, 9.17) is 0 Å². The third-order valence-corrected chi connectivity index (χ3v) is 10.5. The van der Waals surface area contributed by atoms with E-state index in [1.165, 1.54) is 39.2 Å². The predicted octanol–water partition coefficient (Wildman–Crippen LogP) is 8.36. The van der Waals surface area contributed by atoms with Gasteiger partial charge in [-0.2, -0.15) is 0 Å². The lowest BCUT2D eigenvalue weighted by Crippen LogP contribution is -1.92. The van der Waals surface area contributed by atoms with Crippen LogP contribution in [0.3, 0.4) is 0 Å². The molecule has 0 nitrogen and oxygen atoms in total. The maximum absolute atomic E-state index is 2.35. The van der Waals surface area contributed by atoms with Crippen molar-refractivity contribution in [3.63, 3.8) is 0 Å². The van der Waals surface area contributed by atoms with Crippen molar-refractivity contribution < 1.29 is 0 Å². The number of hydrogen-bond donors (Lipinski definition) is 0. The summed E-state index contributed by atoms with van der Waals surface area (Å²) in [5, 5.41) is 0. The summed E-state index contributed by atoms with van der Waals surface area (Å²) in [6, 6.07) is 21.4. The van der Waals surface area contributed by atoms with E-state index >= 15 is 0 Å². The third kappa shape index (κ3) is 4.43. The zero-order valence-electron chi connectivity index (χ0n) is 15.0. The normalized spacial score (nSPS) is 17.3. The molecule has 0 saturated carbocycles. The summed E-state index contributed by atoms with van der Waals surface area (Å²) in [6.07, 6.45) is 9.03. The van der Waals surface area contributed by atoms with Crippen molar-refractivity contribution in [2.45, 2.75) is 0 Å². The van der Waals surface area contributed by atoms with Crippen LogP contribution in [0.2, 0.25) is 0 Å². The van der Waals surface area contributed by atoms with Crippen LogP contribution >= 0.6 is 58.8 Å². The molecule has 0 radical (unpaired) electrons. The number of allylic oxidation sites excluding steroid dienone is 3. The highest BCUT2D eigenvalue weighted by Crippen LogP contribution is 2.58. The molecule has 136 valence electrons. The number of hydrogen-bond acceptors (Lipinski definition) is 5. The van der Waals surface area contributed by atoms with Gasteiger partial charge in [0.25, 0.3) is 0 Å². The quantitative estimate of drug-likeness (QED) is 0.465. The Morgan fingerprint density at radius 1 is 0.593 bits per heavy atom. The van der Waals surface area contributed by atoms with E-state index in [2.05, 4.69) is 85.3 Å². The fourth-order valence-electron chi connectivity index (χ4n) is 2.75. The van der Waals surface area contributed by atoms with Crippen LogP contribution < -0.4 is 0 Å². The molecule has 27 heavy (non-hydrogen) atoms. The maximum atomic E-state index is 2.35. The Labute approximate surface area is 182 Å². The van der Waals surface area contributed by atoms with Crippen LogP contribution in [0.5, 0.6) is 0 Å². The lowest BCUT2D eigenvalue weighted by Gasteiger charge is -2.18. The zero-order valence-corrected chi connectivity index (χ0v) is 19.1. The van der Waals surface area contributed by atoms with Gasteiger partial charge in [-0.3, -0.25) is 0 Å². The molecule has 0 amide bonds. The molecule has 0 saturated heterocycles. The highest BCUT2D eigenvalue weighted by atomic mass is 32.3. The summed E-state index contributed by atoms with van der Waals surface area (Å²) in [6.45, 7) is 0. The minimum atomic E-state index is 1.28. The fourth-order valence-corrected chi connectivity index (χ4v) is 8.82. The van der Waals surface area contributed by atoms with E-state index in [1.807, 2.05) is 58.8 Å². The van der Waals surface area contributed by atoms with Crippen LogP contribution in [-0.2, 0) is 0 Å². The molecule has 0 spiro atoms. The van der Waals surface area contributed by atoms with Crippen LogP contribution in [0.15, 0.2) is 91.1 Å². The zero-order chi connectivity index (χ0) is 18.6. The van der Waals surface area contributed by atoms with Crippen molar-refractivity contribution in [1.29, 1.82) is 0 Å². The minimum absolute atomic E-state index is 1.28. The molecule has 0 unspecified atom stereocenters. The van der Waals surface area contributed by atoms with Gasteiger partial charge in [-0.25, -0.2) is 0 Å². The largest absolute Gasteiger partial charge is 0.121 e. The van der Waals surface area contributed by atoms with Crippen molar-refractivity contribution in [2.24, 2.45) is 0 Å². The molecule has 0 aromatic heterocycles. The Morgan fingerprint density at radius 3 is 1.44 bits per heavy atom. The van der Waals surface area contributed by atoms with Crippen LogP contribution in [-0.4, -0.2) is 12.5 Å². The highest BCUT2D eigenvalue weighted by Gasteiger charge is 2.24. The fraction of sp³-hybridized carbons (Fsp3) is 0.0909. The first-order valence-corrected chi connectivity index (χ1v) is 13.3. The molecule has 2 heterocycles. The van der Waals surface area contributed by atoms with Crippen molar-refractivity contribution in [1.82, 2.24) is 0 Å². The second-order valence-corrected chi connectivity index (χ2v) is 11.3. The summed E-state index contributed by atoms with van der Waals surface area (Å²) >= 11 is 9.37. The molecule has 2 aliphatic rings. The molecule has 4 rings (SSSR count). The summed E-state index contributed by atoms with van der Waals surface area (Å²) < 4.78 is 4.21. The van der Waals surface area contributed by atoms with E-state index in [1.54, 1.807) is 0 Å². The maximum Gasteiger partial charge on any atom is 0.0657 e. The lowest BCUT2D eigenvalue weighted by molar-refractivity contribution is 1.61. The number of benzene rings is 2. The predicted molar refractivity (Wildman–Crippen MR) is 133 cm³/mol. The summed E-state index contributed by atoms with van der Waals surface area (Å²) in [4.78, 5) is 2.62. The molecule has 0 N–H and O–H groups in total. The first-order chi connectivity index (χ1) is 13.3. The molecule has 0 aliphatic carbocycles. The minimum Gasteiger partial charge on any atom is -0.121 e. The molecular formula is C22H18S5. The second-order valence-electron chi connectivity index (χ2n) is 5.78. The second kappa shape index (κ2) is 9.10. The monoisotopic (exact) mass is 442 g/mol. The smallest absolute Gasteiger partial charge is 0.0657 e. The van der Waals surface area contributed by atoms with Gasteiger partial charge in [0.15, 0.2) is 0 Å². The molecule has 5 heteroatoms. The highest BCUT2D eigenvalue weighted by molar-refractivity contribution is 8.40. The average molecular weight is 443 g/mol. The van der Waals surface area contributed by atoms with Gasteiger partial charge in [0.1, 0.15) is 0 Å². The summed E-state index contributed by atoms with van der Waals surface area (Å²) in [5.41, 5.74) is 3.87. The van der Waals surface area contributed by atoms with Gasteiger partial charge < -0.3 is 0 Å². The summed E-state index contributed by atoms with van der Waals surface area (Å²) in [5.74, 6) is 0. The Morgan fingerprint density at radius 2 is 1.04 bits per heavy atom. The van der Waals surface area contributed by atoms with Crippen molar-refractivity contribution in [3.05, 3.63) is 102 Å². The lowest BCUT2D eigenvalue weighted by atomic mass is 10.1. The van der Waals surface area contributed by atoms with E-state index < -0.39 is 0 Å². The molecule has 0 bridgehead atoms. The molecule has 2 aliphatic heterocycles. The van der Waals surface area contributed by atoms with E-state index in [9.17, 15) is 0 Å². The van der Waals surface area contributed by atoms with Crippen LogP contribution in [0.1, 0.15) is 11.1 Å². The van der Waals surface area contributed by atoms with Crippen LogP contribution in [0.25, 0.3) is 9.81 Å².